The molecule has 2 rings (SSSR count). The number of hydrogen-bond acceptors (Lipinski definition) is 2. The highest BCUT2D eigenvalue weighted by atomic mass is 16.5. The molecule has 0 unspecified atom stereocenters. The first-order chi connectivity index (χ1) is 15.1. The maximum atomic E-state index is 5.01. The Kier molecular flexibility index (Phi) is 24.8. The minimum atomic E-state index is 0.928. The Hall–Kier alpha value is -1.80. The normalized spacial score (nSPS) is 9.45. The van der Waals surface area contributed by atoms with Crippen LogP contribution in [0.15, 0.2) is 54.6 Å². The van der Waals surface area contributed by atoms with Crippen molar-refractivity contribution in [2.75, 3.05) is 26.7 Å². The van der Waals surface area contributed by atoms with Crippen molar-refractivity contribution in [2.45, 2.75) is 73.1 Å². The zero-order valence-corrected chi connectivity index (χ0v) is 21.3. The predicted octanol–water partition coefficient (Wildman–Crippen LogP) is 8.07. The largest absolute Gasteiger partial charge is 0.497 e. The first-order valence-electron chi connectivity index (χ1n) is 12.1. The zero-order chi connectivity index (χ0) is 23.7. The second-order valence-corrected chi connectivity index (χ2v) is 6.94. The van der Waals surface area contributed by atoms with Gasteiger partial charge in [0.25, 0.3) is 0 Å². The van der Waals surface area contributed by atoms with Gasteiger partial charge in [-0.25, -0.2) is 0 Å². The molecule has 0 atom stereocenters. The minimum absolute atomic E-state index is 0.928. The highest BCUT2D eigenvalue weighted by Gasteiger charge is 1.99. The van der Waals surface area contributed by atoms with E-state index in [0.29, 0.717) is 0 Å². The molecule has 0 heterocycles. The third-order valence-electron chi connectivity index (χ3n) is 4.59. The summed E-state index contributed by atoms with van der Waals surface area (Å²) < 4.78 is 5.01. The van der Waals surface area contributed by atoms with E-state index in [1.165, 1.54) is 30.5 Å². The van der Waals surface area contributed by atoms with Gasteiger partial charge in [0.2, 0.25) is 0 Å². The van der Waals surface area contributed by atoms with Gasteiger partial charge in [0.1, 0.15) is 5.75 Å². The van der Waals surface area contributed by atoms with Gasteiger partial charge in [0, 0.05) is 0 Å². The van der Waals surface area contributed by atoms with Crippen LogP contribution in [-0.4, -0.2) is 31.6 Å². The number of nitrogens with zero attached hydrogens (tertiary/aromatic N) is 1. The molecule has 176 valence electrons. The van der Waals surface area contributed by atoms with Crippen molar-refractivity contribution < 1.29 is 4.74 Å². The van der Waals surface area contributed by atoms with Crippen molar-refractivity contribution in [2.24, 2.45) is 0 Å². The lowest BCUT2D eigenvalue weighted by Gasteiger charge is -2.19. The summed E-state index contributed by atoms with van der Waals surface area (Å²) >= 11 is 0. The monoisotopic (exact) mass is 427 g/mol. The number of hydrogen-bond donors (Lipinski definition) is 0. The quantitative estimate of drug-likeness (QED) is 0.380. The van der Waals surface area contributed by atoms with Crippen molar-refractivity contribution in [3.05, 3.63) is 79.6 Å². The fourth-order valence-corrected chi connectivity index (χ4v) is 2.74. The van der Waals surface area contributed by atoms with Crippen LogP contribution in [0.5, 0.6) is 5.75 Å². The smallest absolute Gasteiger partial charge is 0.118 e. The molecule has 0 amide bonds. The molecule has 0 spiro atoms. The second-order valence-electron chi connectivity index (χ2n) is 6.94. The molecule has 2 nitrogen and oxygen atoms in total. The lowest BCUT2D eigenvalue weighted by molar-refractivity contribution is 0.279. The Bertz CT molecular complexity index is 536. The lowest BCUT2D eigenvalue weighted by atomic mass is 10.2. The predicted molar refractivity (Wildman–Crippen MR) is 141 cm³/mol. The van der Waals surface area contributed by atoms with Crippen LogP contribution in [0, 0.1) is 13.8 Å². The molecule has 0 fully saturated rings. The summed E-state index contributed by atoms with van der Waals surface area (Å²) in [5.74, 6) is 0.928. The van der Waals surface area contributed by atoms with Gasteiger partial charge in [-0.1, -0.05) is 97.4 Å². The van der Waals surface area contributed by atoms with E-state index in [4.69, 9.17) is 4.74 Å². The third-order valence-corrected chi connectivity index (χ3v) is 4.59. The van der Waals surface area contributed by atoms with E-state index in [1.54, 1.807) is 7.11 Å². The molecule has 0 aliphatic heterocycles. The molecule has 2 aromatic rings. The third kappa shape index (κ3) is 18.7. The van der Waals surface area contributed by atoms with Gasteiger partial charge in [0.15, 0.2) is 0 Å². The summed E-state index contributed by atoms with van der Waals surface area (Å²) in [5, 5.41) is 0. The molecule has 2 radical (unpaired) electrons. The maximum absolute atomic E-state index is 5.01. The molecule has 31 heavy (non-hydrogen) atoms. The summed E-state index contributed by atoms with van der Waals surface area (Å²) in [6, 6.07) is 18.6. The molecule has 2 aromatic carbocycles. The van der Waals surface area contributed by atoms with Crippen LogP contribution < -0.4 is 4.74 Å². The van der Waals surface area contributed by atoms with Gasteiger partial charge in [0.05, 0.1) is 7.11 Å². The van der Waals surface area contributed by atoms with Crippen LogP contribution in [0.4, 0.5) is 0 Å². The summed E-state index contributed by atoms with van der Waals surface area (Å²) in [7, 11) is 1.68. The Morgan fingerprint density at radius 2 is 1.19 bits per heavy atom. The van der Waals surface area contributed by atoms with Crippen LogP contribution in [0.25, 0.3) is 0 Å². The molecule has 0 saturated heterocycles. The number of rotatable bonds is 10. The minimum Gasteiger partial charge on any atom is -0.497 e. The van der Waals surface area contributed by atoms with E-state index in [1.807, 2.05) is 32.0 Å². The molecular weight excluding hydrogens is 378 g/mol. The molecule has 0 bridgehead atoms. The fraction of sp³-hybridized carbons (Fsp3) is 0.517. The van der Waals surface area contributed by atoms with E-state index in [9.17, 15) is 0 Å². The van der Waals surface area contributed by atoms with Crippen molar-refractivity contribution >= 4 is 0 Å². The number of aryl methyl sites for hydroxylation is 2. The molecule has 0 N–H and O–H groups in total. The summed E-state index contributed by atoms with van der Waals surface area (Å²) in [5.41, 5.74) is 2.76. The Labute approximate surface area is 195 Å². The summed E-state index contributed by atoms with van der Waals surface area (Å²) in [4.78, 5) is 2.45. The highest BCUT2D eigenvalue weighted by Crippen LogP contribution is 2.10. The first-order valence-corrected chi connectivity index (χ1v) is 12.1. The second kappa shape index (κ2) is 24.5. The first kappa shape index (κ1) is 31.4. The molecule has 0 aromatic heterocycles. The standard InChI is InChI=1S/C10H21N.C9H12O.C8H10.C2H6/c1-4-7-10-11(8-5-2)9-6-3;1-3-8-4-6-9(10-2)7-5-8;1-2-8-6-4-3-5-7-8;1-2/h2-10H2,1H3;4-7H,3H2,1-2H3;3-7H,2H2,1H3;1-2H3. The molecular formula is C29H49NO. The van der Waals surface area contributed by atoms with Gasteiger partial charge >= 0.3 is 0 Å². The average molecular weight is 428 g/mol. The lowest BCUT2D eigenvalue weighted by Crippen LogP contribution is -2.26. The Balaban J connectivity index is 0. The highest BCUT2D eigenvalue weighted by molar-refractivity contribution is 5.26. The van der Waals surface area contributed by atoms with Crippen LogP contribution in [0.3, 0.4) is 0 Å². The molecule has 2 heteroatoms. The molecule has 0 saturated carbocycles. The van der Waals surface area contributed by atoms with Gasteiger partial charge in [-0.2, -0.15) is 0 Å². The van der Waals surface area contributed by atoms with E-state index in [0.717, 1.165) is 44.5 Å². The van der Waals surface area contributed by atoms with Gasteiger partial charge in [-0.15, -0.1) is 0 Å². The number of ether oxygens (including phenoxy) is 1. The summed E-state index contributed by atoms with van der Waals surface area (Å²) in [6.07, 6.45) is 6.85. The van der Waals surface area contributed by atoms with Crippen LogP contribution in [0.2, 0.25) is 0 Å². The van der Waals surface area contributed by atoms with Crippen molar-refractivity contribution in [3.8, 4) is 5.75 Å². The van der Waals surface area contributed by atoms with Crippen LogP contribution in [0.1, 0.15) is 71.4 Å². The SMILES string of the molecule is CC.CCc1ccc(OC)cc1.CCc1ccccc1.[CH2]CCN(CC[CH2])CCCC. The van der Waals surface area contributed by atoms with E-state index >= 15 is 0 Å². The Morgan fingerprint density at radius 3 is 1.55 bits per heavy atom. The maximum Gasteiger partial charge on any atom is 0.118 e. The number of methoxy groups -OCH3 is 1. The van der Waals surface area contributed by atoms with E-state index < -0.39 is 0 Å². The van der Waals surface area contributed by atoms with Gasteiger partial charge in [-0.05, 0) is 75.0 Å². The zero-order valence-electron chi connectivity index (χ0n) is 21.3. The molecule has 0 aliphatic rings. The van der Waals surface area contributed by atoms with Gasteiger partial charge in [-0.3, -0.25) is 0 Å². The van der Waals surface area contributed by atoms with Crippen molar-refractivity contribution in [1.29, 1.82) is 0 Å². The topological polar surface area (TPSA) is 12.5 Å². The van der Waals surface area contributed by atoms with Gasteiger partial charge < -0.3 is 9.64 Å². The van der Waals surface area contributed by atoms with Crippen molar-refractivity contribution in [1.82, 2.24) is 4.90 Å². The Morgan fingerprint density at radius 1 is 0.710 bits per heavy atom. The van der Waals surface area contributed by atoms with Crippen molar-refractivity contribution in [3.63, 3.8) is 0 Å². The van der Waals surface area contributed by atoms with Crippen LogP contribution >= 0.6 is 0 Å². The number of benzene rings is 2. The van der Waals surface area contributed by atoms with Crippen LogP contribution in [-0.2, 0) is 12.8 Å². The number of unbranched alkanes of at least 4 members (excludes halogenated alkanes) is 1. The van der Waals surface area contributed by atoms with E-state index in [2.05, 4.69) is 75.9 Å². The molecule has 0 aliphatic carbocycles. The summed E-state index contributed by atoms with van der Waals surface area (Å²) in [6.45, 7) is 21.7. The average Bonchev–Trinajstić information content (AvgIpc) is 2.85. The fourth-order valence-electron chi connectivity index (χ4n) is 2.74. The van der Waals surface area contributed by atoms with E-state index in [-0.39, 0.29) is 0 Å².